The quantitative estimate of drug-likeness (QED) is 0.211. The van der Waals surface area contributed by atoms with Crippen molar-refractivity contribution in [2.45, 2.75) is 0 Å². The molecular formula is C39H23N3O2. The van der Waals surface area contributed by atoms with Gasteiger partial charge in [0.1, 0.15) is 22.3 Å². The Labute approximate surface area is 259 Å². The van der Waals surface area contributed by atoms with E-state index in [9.17, 15) is 0 Å². The molecule has 0 spiro atoms. The molecule has 3 aromatic heterocycles. The molecule has 206 valence electrons. The van der Waals surface area contributed by atoms with E-state index in [0.717, 1.165) is 38.5 Å². The maximum atomic E-state index is 8.61. The summed E-state index contributed by atoms with van der Waals surface area (Å²) in [5.41, 5.74) is 5.32. The number of benzene rings is 6. The standard InChI is InChI=1S/C39H23N3O2/c1-3-11-24(12-4-1)27-16-9-17-29-35-30(18-10-20-34(35)44-36(27)29)39-41-37(25-13-5-2-6-14-25)40-38(42-39)26-21-22-33-31(23-26)28-15-7-8-19-32(28)43-33/h1-23H/i1D,3D,4D,11D,12D. The van der Waals surface area contributed by atoms with Crippen molar-refractivity contribution >= 4 is 43.9 Å². The highest BCUT2D eigenvalue weighted by Gasteiger charge is 2.20. The molecule has 0 aliphatic heterocycles. The highest BCUT2D eigenvalue weighted by atomic mass is 16.3. The smallest absolute Gasteiger partial charge is 0.164 e. The van der Waals surface area contributed by atoms with Gasteiger partial charge >= 0.3 is 0 Å². The molecule has 0 bridgehead atoms. The second-order valence-corrected chi connectivity index (χ2v) is 10.4. The maximum Gasteiger partial charge on any atom is 0.164 e. The van der Waals surface area contributed by atoms with E-state index in [1.54, 1.807) is 12.1 Å². The minimum Gasteiger partial charge on any atom is -0.456 e. The average molecular weight is 571 g/mol. The summed E-state index contributed by atoms with van der Waals surface area (Å²) in [7, 11) is 0. The molecule has 0 saturated carbocycles. The Balaban J connectivity index is 1.29. The number of rotatable bonds is 4. The Hall–Kier alpha value is -6.07. The fourth-order valence-corrected chi connectivity index (χ4v) is 5.82. The zero-order valence-electron chi connectivity index (χ0n) is 28.1. The lowest BCUT2D eigenvalue weighted by molar-refractivity contribution is 0.669. The minimum atomic E-state index is -0.446. The second-order valence-electron chi connectivity index (χ2n) is 10.4. The summed E-state index contributed by atoms with van der Waals surface area (Å²) < 4.78 is 54.2. The number of hydrogen-bond donors (Lipinski definition) is 0. The number of nitrogens with zero attached hydrogens (tertiary/aromatic N) is 3. The highest BCUT2D eigenvalue weighted by molar-refractivity contribution is 6.15. The van der Waals surface area contributed by atoms with Gasteiger partial charge in [-0.2, -0.15) is 0 Å². The van der Waals surface area contributed by atoms with Crippen LogP contribution in [0.15, 0.2) is 148 Å². The molecule has 5 nitrogen and oxygen atoms in total. The minimum absolute atomic E-state index is 0.0770. The summed E-state index contributed by atoms with van der Waals surface area (Å²) in [5, 5.41) is 3.39. The van der Waals surface area contributed by atoms with Crippen molar-refractivity contribution in [3.63, 3.8) is 0 Å². The summed E-state index contributed by atoms with van der Waals surface area (Å²) in [4.78, 5) is 14.9. The van der Waals surface area contributed by atoms with E-state index in [0.29, 0.717) is 45.2 Å². The molecule has 0 saturated heterocycles. The van der Waals surface area contributed by atoms with Gasteiger partial charge in [-0.05, 0) is 35.9 Å². The second kappa shape index (κ2) is 9.75. The number of hydrogen-bond acceptors (Lipinski definition) is 5. The molecule has 9 rings (SSSR count). The van der Waals surface area contributed by atoms with Crippen LogP contribution >= 0.6 is 0 Å². The van der Waals surface area contributed by atoms with Crippen LogP contribution in [-0.4, -0.2) is 15.0 Å². The first kappa shape index (κ1) is 19.9. The zero-order valence-corrected chi connectivity index (χ0v) is 23.1. The molecule has 0 fully saturated rings. The molecule has 5 heteroatoms. The number of para-hydroxylation sites is 2. The van der Waals surface area contributed by atoms with Crippen molar-refractivity contribution in [3.8, 4) is 45.3 Å². The third-order valence-corrected chi connectivity index (χ3v) is 7.84. The summed E-state index contributed by atoms with van der Waals surface area (Å²) >= 11 is 0. The van der Waals surface area contributed by atoms with Crippen LogP contribution in [0, 0.1) is 0 Å². The molecule has 44 heavy (non-hydrogen) atoms. The number of aromatic nitrogens is 3. The normalized spacial score (nSPS) is 13.2. The van der Waals surface area contributed by atoms with Gasteiger partial charge in [-0.3, -0.25) is 0 Å². The topological polar surface area (TPSA) is 65.0 Å². The SMILES string of the molecule is [2H]c1c([2H])c([2H])c(-c2cccc3c2oc2cccc(-c4nc(-c5ccccc5)nc(-c5ccc6oc7ccccc7c6c5)n4)c23)c([2H])c1[2H]. The van der Waals surface area contributed by atoms with E-state index < -0.39 is 18.1 Å². The molecule has 6 aromatic carbocycles. The molecular weight excluding hydrogens is 542 g/mol. The van der Waals surface area contributed by atoms with Crippen molar-refractivity contribution < 1.29 is 15.7 Å². The molecule has 0 radical (unpaired) electrons. The van der Waals surface area contributed by atoms with E-state index in [-0.39, 0.29) is 17.6 Å². The van der Waals surface area contributed by atoms with E-state index in [2.05, 4.69) is 0 Å². The van der Waals surface area contributed by atoms with Gasteiger partial charge in [0.25, 0.3) is 0 Å². The van der Waals surface area contributed by atoms with Crippen molar-refractivity contribution in [3.05, 3.63) is 139 Å². The maximum absolute atomic E-state index is 8.61. The predicted molar refractivity (Wildman–Crippen MR) is 176 cm³/mol. The first-order valence-electron chi connectivity index (χ1n) is 16.6. The molecule has 0 atom stereocenters. The monoisotopic (exact) mass is 570 g/mol. The molecule has 0 unspecified atom stereocenters. The van der Waals surface area contributed by atoms with E-state index >= 15 is 0 Å². The molecule has 9 aromatic rings. The number of furan rings is 2. The Morgan fingerprint density at radius 3 is 2.02 bits per heavy atom. The fraction of sp³-hybridized carbons (Fsp3) is 0. The largest absolute Gasteiger partial charge is 0.456 e. The zero-order chi connectivity index (χ0) is 33.4. The summed E-state index contributed by atoms with van der Waals surface area (Å²) in [6.45, 7) is 0. The van der Waals surface area contributed by atoms with Gasteiger partial charge in [-0.25, -0.2) is 15.0 Å². The molecule has 0 amide bonds. The lowest BCUT2D eigenvalue weighted by Crippen LogP contribution is -2.00. The van der Waals surface area contributed by atoms with E-state index in [1.165, 1.54) is 0 Å². The Bertz CT molecular complexity index is 2760. The van der Waals surface area contributed by atoms with Crippen LogP contribution in [0.1, 0.15) is 6.85 Å². The van der Waals surface area contributed by atoms with Crippen molar-refractivity contribution in [2.24, 2.45) is 0 Å². The van der Waals surface area contributed by atoms with Crippen LogP contribution in [0.2, 0.25) is 0 Å². The van der Waals surface area contributed by atoms with E-state index in [1.807, 2.05) is 97.1 Å². The van der Waals surface area contributed by atoms with Crippen LogP contribution in [0.4, 0.5) is 0 Å². The van der Waals surface area contributed by atoms with Crippen molar-refractivity contribution in [1.82, 2.24) is 15.0 Å². The van der Waals surface area contributed by atoms with Gasteiger partial charge in [0.15, 0.2) is 17.5 Å². The van der Waals surface area contributed by atoms with Crippen LogP contribution in [0.3, 0.4) is 0 Å². The Morgan fingerprint density at radius 2 is 1.14 bits per heavy atom. The van der Waals surface area contributed by atoms with Gasteiger partial charge < -0.3 is 8.83 Å². The highest BCUT2D eigenvalue weighted by Crippen LogP contribution is 2.40. The predicted octanol–water partition coefficient (Wildman–Crippen LogP) is 10.3. The van der Waals surface area contributed by atoms with Crippen molar-refractivity contribution in [1.29, 1.82) is 0 Å². The van der Waals surface area contributed by atoms with E-state index in [4.69, 9.17) is 30.6 Å². The third kappa shape index (κ3) is 3.91. The van der Waals surface area contributed by atoms with Gasteiger partial charge in [0.05, 0.1) is 6.85 Å². The average Bonchev–Trinajstić information content (AvgIpc) is 3.72. The molecule has 0 aliphatic rings. The lowest BCUT2D eigenvalue weighted by atomic mass is 10.0. The van der Waals surface area contributed by atoms with Crippen LogP contribution in [-0.2, 0) is 0 Å². The fourth-order valence-electron chi connectivity index (χ4n) is 5.82. The Morgan fingerprint density at radius 1 is 0.455 bits per heavy atom. The third-order valence-electron chi connectivity index (χ3n) is 7.84. The Kier molecular flexibility index (Phi) is 4.42. The molecule has 0 N–H and O–H groups in total. The van der Waals surface area contributed by atoms with Gasteiger partial charge in [-0.15, -0.1) is 0 Å². The molecule has 3 heterocycles. The van der Waals surface area contributed by atoms with Crippen molar-refractivity contribution in [2.75, 3.05) is 0 Å². The van der Waals surface area contributed by atoms with Gasteiger partial charge in [0.2, 0.25) is 0 Å². The first-order valence-corrected chi connectivity index (χ1v) is 14.1. The van der Waals surface area contributed by atoms with Crippen LogP contribution in [0.5, 0.6) is 0 Å². The summed E-state index contributed by atoms with van der Waals surface area (Å²) in [5.74, 6) is 1.42. The van der Waals surface area contributed by atoms with Crippen LogP contribution in [0.25, 0.3) is 89.2 Å². The van der Waals surface area contributed by atoms with Gasteiger partial charge in [0, 0.05) is 43.8 Å². The summed E-state index contributed by atoms with van der Waals surface area (Å²) in [6, 6.07) is 32.7. The molecule has 0 aliphatic carbocycles. The number of fused-ring (bicyclic) bond motifs is 6. The summed E-state index contributed by atoms with van der Waals surface area (Å²) in [6.07, 6.45) is 0. The van der Waals surface area contributed by atoms with Crippen LogP contribution < -0.4 is 0 Å². The lowest BCUT2D eigenvalue weighted by Gasteiger charge is -2.09. The first-order chi connectivity index (χ1) is 23.9. The van der Waals surface area contributed by atoms with Gasteiger partial charge in [-0.1, -0.05) is 109 Å².